The summed E-state index contributed by atoms with van der Waals surface area (Å²) in [6, 6.07) is 6.86. The molecule has 0 fully saturated rings. The zero-order valence-corrected chi connectivity index (χ0v) is 12.2. The van der Waals surface area contributed by atoms with Gasteiger partial charge in [-0.3, -0.25) is 0 Å². The van der Waals surface area contributed by atoms with Gasteiger partial charge in [-0.05, 0) is 42.7 Å². The van der Waals surface area contributed by atoms with Crippen LogP contribution >= 0.6 is 0 Å². The van der Waals surface area contributed by atoms with E-state index in [2.05, 4.69) is 10.3 Å². The standard InChI is InChI=1S/C16H17FN2O2/c1-10-7-12(8-11(2)14(10)17)9-19-15-13(16(20)21-3)5-4-6-18-15/h4-8H,9H2,1-3H3,(H,18,19). The van der Waals surface area contributed by atoms with Crippen LogP contribution in [0.2, 0.25) is 0 Å². The van der Waals surface area contributed by atoms with Gasteiger partial charge in [-0.2, -0.15) is 0 Å². The van der Waals surface area contributed by atoms with Crippen molar-refractivity contribution in [3.8, 4) is 0 Å². The van der Waals surface area contributed by atoms with Gasteiger partial charge in [0.25, 0.3) is 0 Å². The van der Waals surface area contributed by atoms with E-state index in [1.807, 2.05) is 0 Å². The van der Waals surface area contributed by atoms with Gasteiger partial charge in [0, 0.05) is 12.7 Å². The molecule has 110 valence electrons. The third-order valence-corrected chi connectivity index (χ3v) is 3.17. The third-order valence-electron chi connectivity index (χ3n) is 3.17. The zero-order chi connectivity index (χ0) is 15.4. The van der Waals surface area contributed by atoms with Gasteiger partial charge >= 0.3 is 5.97 Å². The molecular weight excluding hydrogens is 271 g/mol. The predicted octanol–water partition coefficient (Wildman–Crippen LogP) is 3.24. The molecule has 2 aromatic rings. The molecule has 0 aliphatic carbocycles. The third kappa shape index (κ3) is 3.37. The van der Waals surface area contributed by atoms with Crippen LogP contribution in [-0.4, -0.2) is 18.1 Å². The Morgan fingerprint density at radius 1 is 1.33 bits per heavy atom. The summed E-state index contributed by atoms with van der Waals surface area (Å²) in [4.78, 5) is 15.8. The fourth-order valence-electron chi connectivity index (χ4n) is 2.14. The van der Waals surface area contributed by atoms with Crippen molar-refractivity contribution in [3.05, 3.63) is 58.5 Å². The minimum Gasteiger partial charge on any atom is -0.465 e. The molecule has 0 saturated heterocycles. The summed E-state index contributed by atoms with van der Waals surface area (Å²) >= 11 is 0. The largest absolute Gasteiger partial charge is 0.465 e. The quantitative estimate of drug-likeness (QED) is 0.878. The molecule has 1 aromatic heterocycles. The molecule has 21 heavy (non-hydrogen) atoms. The second kappa shape index (κ2) is 6.35. The van der Waals surface area contributed by atoms with Crippen molar-refractivity contribution in [2.24, 2.45) is 0 Å². The molecule has 5 heteroatoms. The van der Waals surface area contributed by atoms with E-state index < -0.39 is 5.97 Å². The number of carbonyl (C=O) groups is 1. The summed E-state index contributed by atoms with van der Waals surface area (Å²) in [5.41, 5.74) is 2.49. The Morgan fingerprint density at radius 2 is 2.00 bits per heavy atom. The first-order chi connectivity index (χ1) is 10.0. The molecule has 0 aliphatic heterocycles. The topological polar surface area (TPSA) is 51.2 Å². The van der Waals surface area contributed by atoms with E-state index in [4.69, 9.17) is 4.74 Å². The van der Waals surface area contributed by atoms with Crippen LogP contribution in [0.5, 0.6) is 0 Å². The van der Waals surface area contributed by atoms with E-state index in [0.29, 0.717) is 29.1 Å². The smallest absolute Gasteiger partial charge is 0.341 e. The Morgan fingerprint density at radius 3 is 2.62 bits per heavy atom. The number of ether oxygens (including phenoxy) is 1. The maximum atomic E-state index is 13.6. The lowest BCUT2D eigenvalue weighted by atomic mass is 10.1. The normalized spacial score (nSPS) is 10.3. The molecule has 0 spiro atoms. The maximum absolute atomic E-state index is 13.6. The summed E-state index contributed by atoms with van der Waals surface area (Å²) in [6.45, 7) is 3.90. The molecule has 0 saturated carbocycles. The number of anilines is 1. The number of esters is 1. The number of nitrogens with one attached hydrogen (secondary N) is 1. The number of benzene rings is 1. The van der Waals surface area contributed by atoms with Gasteiger partial charge in [0.15, 0.2) is 0 Å². The van der Waals surface area contributed by atoms with Gasteiger partial charge in [-0.25, -0.2) is 14.2 Å². The average Bonchev–Trinajstić information content (AvgIpc) is 2.50. The minimum atomic E-state index is -0.447. The van der Waals surface area contributed by atoms with Gasteiger partial charge in [-0.15, -0.1) is 0 Å². The van der Waals surface area contributed by atoms with Crippen molar-refractivity contribution in [2.45, 2.75) is 20.4 Å². The van der Waals surface area contributed by atoms with Gasteiger partial charge in [0.1, 0.15) is 17.2 Å². The average molecular weight is 288 g/mol. The minimum absolute atomic E-state index is 0.188. The van der Waals surface area contributed by atoms with E-state index in [9.17, 15) is 9.18 Å². The number of rotatable bonds is 4. The molecule has 1 aromatic carbocycles. The first kappa shape index (κ1) is 15.0. The SMILES string of the molecule is COC(=O)c1cccnc1NCc1cc(C)c(F)c(C)c1. The Labute approximate surface area is 123 Å². The van der Waals surface area contributed by atoms with E-state index >= 15 is 0 Å². The molecule has 0 radical (unpaired) electrons. The van der Waals surface area contributed by atoms with Gasteiger partial charge in [0.05, 0.1) is 7.11 Å². The molecule has 0 unspecified atom stereocenters. The van der Waals surface area contributed by atoms with Crippen molar-refractivity contribution in [3.63, 3.8) is 0 Å². The Kier molecular flexibility index (Phi) is 4.52. The maximum Gasteiger partial charge on any atom is 0.341 e. The molecule has 0 aliphatic rings. The van der Waals surface area contributed by atoms with E-state index in [1.165, 1.54) is 7.11 Å². The van der Waals surface area contributed by atoms with E-state index in [0.717, 1.165) is 5.56 Å². The van der Waals surface area contributed by atoms with Crippen LogP contribution in [0, 0.1) is 19.7 Å². The lowest BCUT2D eigenvalue weighted by Crippen LogP contribution is -2.10. The molecule has 4 nitrogen and oxygen atoms in total. The lowest BCUT2D eigenvalue weighted by molar-refractivity contribution is 0.0601. The fraction of sp³-hybridized carbons (Fsp3) is 0.250. The highest BCUT2D eigenvalue weighted by atomic mass is 19.1. The lowest BCUT2D eigenvalue weighted by Gasteiger charge is -2.11. The summed E-state index contributed by atoms with van der Waals surface area (Å²) < 4.78 is 18.3. The number of nitrogens with zero attached hydrogens (tertiary/aromatic N) is 1. The highest BCUT2D eigenvalue weighted by Gasteiger charge is 2.12. The summed E-state index contributed by atoms with van der Waals surface area (Å²) in [6.07, 6.45) is 1.59. The van der Waals surface area contributed by atoms with E-state index in [-0.39, 0.29) is 5.82 Å². The van der Waals surface area contributed by atoms with Crippen LogP contribution in [0.4, 0.5) is 10.2 Å². The highest BCUT2D eigenvalue weighted by molar-refractivity contribution is 5.94. The van der Waals surface area contributed by atoms with Crippen LogP contribution in [0.15, 0.2) is 30.5 Å². The number of aromatic nitrogens is 1. The number of halogens is 1. The molecule has 0 bridgehead atoms. The van der Waals surface area contributed by atoms with Gasteiger partial charge in [0.2, 0.25) is 0 Å². The molecule has 1 N–H and O–H groups in total. The number of hydrogen-bond acceptors (Lipinski definition) is 4. The monoisotopic (exact) mass is 288 g/mol. The molecule has 1 heterocycles. The van der Waals surface area contributed by atoms with Crippen molar-refractivity contribution < 1.29 is 13.9 Å². The van der Waals surface area contributed by atoms with Gasteiger partial charge in [-0.1, -0.05) is 12.1 Å². The van der Waals surface area contributed by atoms with Crippen molar-refractivity contribution in [1.82, 2.24) is 4.98 Å². The number of methoxy groups -OCH3 is 1. The number of aryl methyl sites for hydroxylation is 2. The first-order valence-corrected chi connectivity index (χ1v) is 6.55. The van der Waals surface area contributed by atoms with Crippen molar-refractivity contribution in [1.29, 1.82) is 0 Å². The van der Waals surface area contributed by atoms with Crippen molar-refractivity contribution >= 4 is 11.8 Å². The van der Waals surface area contributed by atoms with Crippen LogP contribution in [-0.2, 0) is 11.3 Å². The first-order valence-electron chi connectivity index (χ1n) is 6.55. The summed E-state index contributed by atoms with van der Waals surface area (Å²) in [7, 11) is 1.33. The van der Waals surface area contributed by atoms with Crippen LogP contribution in [0.3, 0.4) is 0 Å². The van der Waals surface area contributed by atoms with Crippen LogP contribution in [0.1, 0.15) is 27.0 Å². The van der Waals surface area contributed by atoms with Gasteiger partial charge < -0.3 is 10.1 Å². The number of pyridine rings is 1. The molecular formula is C16H17FN2O2. The van der Waals surface area contributed by atoms with Crippen LogP contribution < -0.4 is 5.32 Å². The summed E-state index contributed by atoms with van der Waals surface area (Å²) in [5, 5.41) is 3.08. The Hall–Kier alpha value is -2.43. The predicted molar refractivity (Wildman–Crippen MR) is 78.8 cm³/mol. The Bertz CT molecular complexity index is 648. The highest BCUT2D eigenvalue weighted by Crippen LogP contribution is 2.17. The van der Waals surface area contributed by atoms with Crippen LogP contribution in [0.25, 0.3) is 0 Å². The molecule has 0 atom stereocenters. The summed E-state index contributed by atoms with van der Waals surface area (Å²) in [5.74, 6) is -0.187. The van der Waals surface area contributed by atoms with Crippen molar-refractivity contribution in [2.75, 3.05) is 12.4 Å². The second-order valence-corrected chi connectivity index (χ2v) is 4.79. The number of carbonyl (C=O) groups excluding carboxylic acids is 1. The van der Waals surface area contributed by atoms with E-state index in [1.54, 1.807) is 44.3 Å². The Balaban J connectivity index is 2.19. The molecule has 0 amide bonds. The fourth-order valence-corrected chi connectivity index (χ4v) is 2.14. The number of hydrogen-bond donors (Lipinski definition) is 1. The zero-order valence-electron chi connectivity index (χ0n) is 12.2. The molecule has 2 rings (SSSR count). The second-order valence-electron chi connectivity index (χ2n) is 4.79.